The molecule has 0 unspecified atom stereocenters. The van der Waals surface area contributed by atoms with Crippen LogP contribution in [0.1, 0.15) is 28.0 Å². The van der Waals surface area contributed by atoms with E-state index in [0.29, 0.717) is 34.4 Å². The summed E-state index contributed by atoms with van der Waals surface area (Å²) in [6.07, 6.45) is 1.92. The van der Waals surface area contributed by atoms with Crippen molar-refractivity contribution in [1.82, 2.24) is 4.98 Å². The summed E-state index contributed by atoms with van der Waals surface area (Å²) in [6.45, 7) is 6.50. The highest BCUT2D eigenvalue weighted by Crippen LogP contribution is 2.34. The van der Waals surface area contributed by atoms with Crippen LogP contribution in [0.5, 0.6) is 0 Å². The van der Waals surface area contributed by atoms with Gasteiger partial charge in [-0.2, -0.15) is 0 Å². The van der Waals surface area contributed by atoms with Gasteiger partial charge in [-0.3, -0.25) is 9.69 Å². The zero-order valence-electron chi connectivity index (χ0n) is 16.5. The van der Waals surface area contributed by atoms with Crippen molar-refractivity contribution in [2.75, 3.05) is 4.90 Å². The fourth-order valence-electron chi connectivity index (χ4n) is 3.57. The van der Waals surface area contributed by atoms with Crippen molar-refractivity contribution in [2.24, 2.45) is 0 Å². The van der Waals surface area contributed by atoms with E-state index in [1.807, 2.05) is 30.3 Å². The van der Waals surface area contributed by atoms with Crippen molar-refractivity contribution in [2.45, 2.75) is 33.7 Å². The van der Waals surface area contributed by atoms with Gasteiger partial charge in [0.15, 0.2) is 5.13 Å². The zero-order valence-corrected chi connectivity index (χ0v) is 18.1. The molecule has 2 heterocycles. The molecule has 4 rings (SSSR count). The molecule has 0 atom stereocenters. The number of carbonyl (C=O) groups is 1. The van der Waals surface area contributed by atoms with Crippen LogP contribution in [0.15, 0.2) is 53.1 Å². The van der Waals surface area contributed by atoms with Gasteiger partial charge in [-0.05, 0) is 61.7 Å². The number of aryl methyl sites for hydroxylation is 3. The number of amides is 1. The first-order valence-corrected chi connectivity index (χ1v) is 10.6. The highest BCUT2D eigenvalue weighted by molar-refractivity contribution is 7.22. The van der Waals surface area contributed by atoms with E-state index in [1.165, 1.54) is 16.9 Å². The average Bonchev–Trinajstić information content (AvgIpc) is 3.32. The number of carbonyl (C=O) groups excluding carboxylic acids is 1. The number of hydrogen-bond donors (Lipinski definition) is 0. The first-order valence-electron chi connectivity index (χ1n) is 9.37. The lowest BCUT2D eigenvalue weighted by molar-refractivity contribution is -0.118. The summed E-state index contributed by atoms with van der Waals surface area (Å²) < 4.78 is 6.46. The number of benzene rings is 2. The summed E-state index contributed by atoms with van der Waals surface area (Å²) in [5, 5.41) is 1.21. The molecule has 0 N–H and O–H groups in total. The molecule has 0 aliphatic heterocycles. The van der Waals surface area contributed by atoms with E-state index >= 15 is 0 Å². The van der Waals surface area contributed by atoms with E-state index in [9.17, 15) is 4.79 Å². The van der Waals surface area contributed by atoms with Gasteiger partial charge in [0.05, 0.1) is 29.0 Å². The van der Waals surface area contributed by atoms with Crippen molar-refractivity contribution < 1.29 is 9.21 Å². The predicted molar refractivity (Wildman–Crippen MR) is 119 cm³/mol. The lowest BCUT2D eigenvalue weighted by Gasteiger charge is -2.20. The van der Waals surface area contributed by atoms with Gasteiger partial charge in [0.25, 0.3) is 0 Å². The average molecular weight is 425 g/mol. The second-order valence-corrected chi connectivity index (χ2v) is 8.61. The smallest absolute Gasteiger partial charge is 0.233 e. The second kappa shape index (κ2) is 8.01. The zero-order chi connectivity index (χ0) is 20.5. The second-order valence-electron chi connectivity index (χ2n) is 7.20. The van der Waals surface area contributed by atoms with Crippen LogP contribution >= 0.6 is 22.9 Å². The number of aromatic nitrogens is 1. The van der Waals surface area contributed by atoms with Crippen molar-refractivity contribution in [3.05, 3.63) is 81.8 Å². The van der Waals surface area contributed by atoms with Gasteiger partial charge in [0, 0.05) is 0 Å². The van der Waals surface area contributed by atoms with Crippen molar-refractivity contribution >= 4 is 44.2 Å². The quantitative estimate of drug-likeness (QED) is 0.380. The van der Waals surface area contributed by atoms with Crippen molar-refractivity contribution in [1.29, 1.82) is 0 Å². The molecule has 4 aromatic rings. The third-order valence-corrected chi connectivity index (χ3v) is 6.30. The maximum atomic E-state index is 13.4. The van der Waals surface area contributed by atoms with Crippen LogP contribution in [0.3, 0.4) is 0 Å². The first-order chi connectivity index (χ1) is 13.9. The summed E-state index contributed by atoms with van der Waals surface area (Å²) in [5.74, 6) is 0.688. The third kappa shape index (κ3) is 4.07. The molecule has 0 saturated heterocycles. The third-order valence-electron chi connectivity index (χ3n) is 4.95. The Labute approximate surface area is 178 Å². The molecule has 0 saturated carbocycles. The SMILES string of the molecule is Cc1cc(C)c(CC(=O)N(Cc2ccco2)c2nc3c(Cl)cccc3s2)c(C)c1. The van der Waals surface area contributed by atoms with Gasteiger partial charge in [-0.1, -0.05) is 46.7 Å². The Balaban J connectivity index is 1.72. The van der Waals surface area contributed by atoms with Gasteiger partial charge in [-0.15, -0.1) is 0 Å². The molecular weight excluding hydrogens is 404 g/mol. The molecule has 0 bridgehead atoms. The molecular formula is C23H21ClN2O2S. The number of rotatable bonds is 5. The molecule has 0 aliphatic carbocycles. The topological polar surface area (TPSA) is 46.3 Å². The Kier molecular flexibility index (Phi) is 5.43. The molecule has 1 amide bonds. The number of hydrogen-bond acceptors (Lipinski definition) is 4. The van der Waals surface area contributed by atoms with E-state index in [2.05, 4.69) is 37.9 Å². The van der Waals surface area contributed by atoms with Gasteiger partial charge < -0.3 is 4.42 Å². The summed E-state index contributed by atoms with van der Waals surface area (Å²) >= 11 is 7.76. The molecule has 0 fully saturated rings. The van der Waals surface area contributed by atoms with Gasteiger partial charge >= 0.3 is 0 Å². The first kappa shape index (κ1) is 19.7. The summed E-state index contributed by atoms with van der Waals surface area (Å²) in [7, 11) is 0. The van der Waals surface area contributed by atoms with Crippen LogP contribution in [0.2, 0.25) is 5.02 Å². The van der Waals surface area contributed by atoms with Crippen LogP contribution in [-0.4, -0.2) is 10.9 Å². The molecule has 2 aromatic heterocycles. The Hall–Kier alpha value is -2.63. The highest BCUT2D eigenvalue weighted by atomic mass is 35.5. The lowest BCUT2D eigenvalue weighted by Crippen LogP contribution is -2.32. The Morgan fingerprint density at radius 2 is 1.90 bits per heavy atom. The van der Waals surface area contributed by atoms with Crippen LogP contribution in [0, 0.1) is 20.8 Å². The summed E-state index contributed by atoms with van der Waals surface area (Å²) in [6, 6.07) is 13.6. The molecule has 29 heavy (non-hydrogen) atoms. The van der Waals surface area contributed by atoms with E-state index in [0.717, 1.165) is 21.4 Å². The maximum Gasteiger partial charge on any atom is 0.233 e. The molecule has 2 aromatic carbocycles. The molecule has 6 heteroatoms. The normalized spacial score (nSPS) is 11.2. The molecule has 4 nitrogen and oxygen atoms in total. The minimum Gasteiger partial charge on any atom is -0.467 e. The number of furan rings is 1. The fraction of sp³-hybridized carbons (Fsp3) is 0.217. The largest absolute Gasteiger partial charge is 0.467 e. The predicted octanol–water partition coefficient (Wildman–Crippen LogP) is 6.24. The Bertz CT molecular complexity index is 1160. The van der Waals surface area contributed by atoms with E-state index in [1.54, 1.807) is 11.2 Å². The van der Waals surface area contributed by atoms with Crippen LogP contribution in [-0.2, 0) is 17.8 Å². The summed E-state index contributed by atoms with van der Waals surface area (Å²) in [5.41, 5.74) is 5.23. The maximum absolute atomic E-state index is 13.4. The van der Waals surface area contributed by atoms with Gasteiger partial charge in [0.2, 0.25) is 5.91 Å². The monoisotopic (exact) mass is 424 g/mol. The summed E-state index contributed by atoms with van der Waals surface area (Å²) in [4.78, 5) is 19.8. The number of nitrogens with zero attached hydrogens (tertiary/aromatic N) is 2. The molecule has 0 radical (unpaired) electrons. The van der Waals surface area contributed by atoms with Gasteiger partial charge in [0.1, 0.15) is 11.3 Å². The number of para-hydroxylation sites is 1. The van der Waals surface area contributed by atoms with Crippen molar-refractivity contribution in [3.63, 3.8) is 0 Å². The van der Waals surface area contributed by atoms with Crippen molar-refractivity contribution in [3.8, 4) is 0 Å². The van der Waals surface area contributed by atoms with E-state index in [-0.39, 0.29) is 5.91 Å². The number of fused-ring (bicyclic) bond motifs is 1. The lowest BCUT2D eigenvalue weighted by atomic mass is 9.97. The minimum absolute atomic E-state index is 0.0216. The fourth-order valence-corrected chi connectivity index (χ4v) is 4.86. The van der Waals surface area contributed by atoms with Crippen LogP contribution in [0.4, 0.5) is 5.13 Å². The number of anilines is 1. The van der Waals surface area contributed by atoms with Crippen LogP contribution < -0.4 is 4.90 Å². The molecule has 0 spiro atoms. The van der Waals surface area contributed by atoms with E-state index < -0.39 is 0 Å². The minimum atomic E-state index is -0.0216. The van der Waals surface area contributed by atoms with Gasteiger partial charge in [-0.25, -0.2) is 4.98 Å². The molecule has 148 valence electrons. The Morgan fingerprint density at radius 3 is 2.55 bits per heavy atom. The Morgan fingerprint density at radius 1 is 1.14 bits per heavy atom. The standard InChI is InChI=1S/C23H21ClN2O2S/c1-14-10-15(2)18(16(3)11-14)12-21(27)26(13-17-6-5-9-28-17)23-25-22-19(24)7-4-8-20(22)29-23/h4-11H,12-13H2,1-3H3. The number of halogens is 1. The highest BCUT2D eigenvalue weighted by Gasteiger charge is 2.23. The van der Waals surface area contributed by atoms with Crippen LogP contribution in [0.25, 0.3) is 10.2 Å². The molecule has 0 aliphatic rings. The number of thiazole rings is 1. The van der Waals surface area contributed by atoms with E-state index in [4.69, 9.17) is 16.0 Å².